The smallest absolute Gasteiger partial charge is 0.271 e. The highest BCUT2D eigenvalue weighted by atomic mass is 32.2. The average Bonchev–Trinajstić information content (AvgIpc) is 3.19. The first kappa shape index (κ1) is 17.6. The van der Waals surface area contributed by atoms with Gasteiger partial charge in [-0.2, -0.15) is 0 Å². The number of para-hydroxylation sites is 2. The number of hydrogen-bond acceptors (Lipinski definition) is 6. The summed E-state index contributed by atoms with van der Waals surface area (Å²) >= 11 is 8.95. The van der Waals surface area contributed by atoms with Gasteiger partial charge in [0.25, 0.3) is 4.84 Å². The van der Waals surface area contributed by atoms with Crippen molar-refractivity contribution < 1.29 is 4.42 Å². The standard InChI is InChI=1S/C19H19N3OS3/c1-2-3-10-25-18-21-14-9-8-13(11-17(14)26-18)20-12-22-15-6-4-5-7-16(15)23-19(22)24/h4-9,11,20H,2-3,10,12H2,1H3. The molecule has 0 spiro atoms. The van der Waals surface area contributed by atoms with E-state index in [4.69, 9.17) is 21.6 Å². The largest absolute Gasteiger partial charge is 0.429 e. The van der Waals surface area contributed by atoms with Crippen molar-refractivity contribution in [2.75, 3.05) is 11.1 Å². The van der Waals surface area contributed by atoms with Crippen molar-refractivity contribution in [3.63, 3.8) is 0 Å². The molecule has 4 aromatic rings. The number of unbranched alkanes of at least 4 members (excludes halogenated alkanes) is 1. The zero-order chi connectivity index (χ0) is 17.9. The molecule has 4 rings (SSSR count). The molecule has 0 saturated carbocycles. The molecule has 0 aliphatic carbocycles. The Morgan fingerprint density at radius 3 is 3.04 bits per heavy atom. The van der Waals surface area contributed by atoms with Gasteiger partial charge in [0.2, 0.25) is 0 Å². The van der Waals surface area contributed by atoms with Crippen LogP contribution >= 0.6 is 35.3 Å². The monoisotopic (exact) mass is 401 g/mol. The molecule has 0 unspecified atom stereocenters. The molecule has 0 amide bonds. The van der Waals surface area contributed by atoms with Crippen LogP contribution in [0.5, 0.6) is 0 Å². The Kier molecular flexibility index (Phi) is 5.28. The summed E-state index contributed by atoms with van der Waals surface area (Å²) in [6.07, 6.45) is 2.45. The second-order valence-corrected chi connectivity index (χ2v) is 8.68. The van der Waals surface area contributed by atoms with Gasteiger partial charge in [-0.1, -0.05) is 37.2 Å². The fourth-order valence-corrected chi connectivity index (χ4v) is 5.23. The minimum absolute atomic E-state index is 0.479. The normalized spacial score (nSPS) is 11.4. The Morgan fingerprint density at radius 1 is 1.27 bits per heavy atom. The highest BCUT2D eigenvalue weighted by molar-refractivity contribution is 8.01. The highest BCUT2D eigenvalue weighted by Gasteiger charge is 2.08. The topological polar surface area (TPSA) is 43.0 Å². The summed E-state index contributed by atoms with van der Waals surface area (Å²) in [4.78, 5) is 5.19. The van der Waals surface area contributed by atoms with Crippen LogP contribution in [0.25, 0.3) is 21.3 Å². The van der Waals surface area contributed by atoms with E-state index in [-0.39, 0.29) is 0 Å². The van der Waals surface area contributed by atoms with Gasteiger partial charge in [0.05, 0.1) is 22.4 Å². The van der Waals surface area contributed by atoms with Crippen molar-refractivity contribution in [1.82, 2.24) is 9.55 Å². The molecule has 0 atom stereocenters. The van der Waals surface area contributed by atoms with Crippen molar-refractivity contribution in [2.24, 2.45) is 0 Å². The number of benzene rings is 2. The third-order valence-electron chi connectivity index (χ3n) is 4.11. The summed E-state index contributed by atoms with van der Waals surface area (Å²) < 4.78 is 9.95. The van der Waals surface area contributed by atoms with Crippen LogP contribution in [0.4, 0.5) is 5.69 Å². The number of hydrogen-bond donors (Lipinski definition) is 1. The number of oxazole rings is 1. The van der Waals surface area contributed by atoms with E-state index >= 15 is 0 Å². The molecular weight excluding hydrogens is 382 g/mol. The van der Waals surface area contributed by atoms with Crippen LogP contribution < -0.4 is 5.32 Å². The van der Waals surface area contributed by atoms with Gasteiger partial charge >= 0.3 is 0 Å². The molecule has 0 bridgehead atoms. The molecule has 26 heavy (non-hydrogen) atoms. The summed E-state index contributed by atoms with van der Waals surface area (Å²) in [6, 6.07) is 14.2. The zero-order valence-corrected chi connectivity index (χ0v) is 16.8. The lowest BCUT2D eigenvalue weighted by Gasteiger charge is -2.07. The predicted molar refractivity (Wildman–Crippen MR) is 114 cm³/mol. The number of aromatic nitrogens is 2. The van der Waals surface area contributed by atoms with Crippen LogP contribution in [0.15, 0.2) is 51.2 Å². The summed E-state index contributed by atoms with van der Waals surface area (Å²) in [5.41, 5.74) is 3.92. The molecule has 1 N–H and O–H groups in total. The maximum Gasteiger partial charge on any atom is 0.271 e. The number of nitrogens with zero attached hydrogens (tertiary/aromatic N) is 2. The van der Waals surface area contributed by atoms with Crippen LogP contribution in [0.2, 0.25) is 0 Å². The van der Waals surface area contributed by atoms with E-state index < -0.39 is 0 Å². The van der Waals surface area contributed by atoms with Crippen molar-refractivity contribution in [3.8, 4) is 0 Å². The van der Waals surface area contributed by atoms with Crippen molar-refractivity contribution in [1.29, 1.82) is 0 Å². The average molecular weight is 402 g/mol. The quantitative estimate of drug-likeness (QED) is 0.216. The van der Waals surface area contributed by atoms with E-state index in [0.29, 0.717) is 11.5 Å². The number of thioether (sulfide) groups is 1. The minimum atomic E-state index is 0.479. The van der Waals surface area contributed by atoms with Gasteiger partial charge in [0.1, 0.15) is 0 Å². The molecule has 0 fully saturated rings. The lowest BCUT2D eigenvalue weighted by molar-refractivity contribution is 0.546. The zero-order valence-electron chi connectivity index (χ0n) is 14.4. The van der Waals surface area contributed by atoms with Gasteiger partial charge < -0.3 is 9.73 Å². The molecule has 134 valence electrons. The van der Waals surface area contributed by atoms with E-state index in [1.54, 1.807) is 11.3 Å². The number of thiazole rings is 1. The molecule has 7 heteroatoms. The van der Waals surface area contributed by atoms with Gasteiger partial charge in [0.15, 0.2) is 9.92 Å². The SMILES string of the molecule is CCCCSc1nc2ccc(NCn3c(=S)oc4ccccc43)cc2s1. The number of fused-ring (bicyclic) bond motifs is 2. The first-order valence-corrected chi connectivity index (χ1v) is 10.8. The summed E-state index contributed by atoms with van der Waals surface area (Å²) in [5, 5.41) is 3.44. The second-order valence-electron chi connectivity index (χ2n) is 5.96. The molecule has 0 radical (unpaired) electrons. The van der Waals surface area contributed by atoms with E-state index in [1.165, 1.54) is 17.5 Å². The summed E-state index contributed by atoms with van der Waals surface area (Å²) in [7, 11) is 0. The summed E-state index contributed by atoms with van der Waals surface area (Å²) in [6.45, 7) is 2.78. The molecule has 0 saturated heterocycles. The Labute approximate surface area is 165 Å². The predicted octanol–water partition coefficient (Wildman–Crippen LogP) is 6.54. The summed E-state index contributed by atoms with van der Waals surface area (Å²) in [5.74, 6) is 1.13. The van der Waals surface area contributed by atoms with Gasteiger partial charge in [0, 0.05) is 11.4 Å². The molecule has 0 aliphatic heterocycles. The Morgan fingerprint density at radius 2 is 2.15 bits per heavy atom. The first-order valence-electron chi connectivity index (χ1n) is 8.60. The van der Waals surface area contributed by atoms with Crippen LogP contribution in [0, 0.1) is 4.84 Å². The fraction of sp³-hybridized carbons (Fsp3) is 0.263. The molecular formula is C19H19N3OS3. The van der Waals surface area contributed by atoms with Crippen LogP contribution in [-0.2, 0) is 6.67 Å². The molecule has 2 aromatic heterocycles. The number of anilines is 1. The fourth-order valence-electron chi connectivity index (χ4n) is 2.71. The third kappa shape index (κ3) is 3.65. The van der Waals surface area contributed by atoms with Crippen molar-refractivity contribution in [3.05, 3.63) is 47.3 Å². The Hall–Kier alpha value is -1.83. The molecule has 2 heterocycles. The maximum absolute atomic E-state index is 5.63. The van der Waals surface area contributed by atoms with Crippen molar-refractivity contribution >= 4 is 62.3 Å². The highest BCUT2D eigenvalue weighted by Crippen LogP contribution is 2.31. The number of nitrogens with one attached hydrogen (secondary N) is 1. The van der Waals surface area contributed by atoms with Gasteiger partial charge in [-0.3, -0.25) is 4.57 Å². The molecule has 0 aliphatic rings. The molecule has 2 aromatic carbocycles. The lowest BCUT2D eigenvalue weighted by atomic mass is 10.3. The van der Waals surface area contributed by atoms with Crippen molar-refractivity contribution in [2.45, 2.75) is 30.8 Å². The van der Waals surface area contributed by atoms with Gasteiger partial charge in [-0.25, -0.2) is 4.98 Å². The number of rotatable bonds is 7. The van der Waals surface area contributed by atoms with Crippen LogP contribution in [-0.4, -0.2) is 15.3 Å². The minimum Gasteiger partial charge on any atom is -0.429 e. The van der Waals surface area contributed by atoms with Crippen LogP contribution in [0.3, 0.4) is 0 Å². The maximum atomic E-state index is 5.63. The lowest BCUT2D eigenvalue weighted by Crippen LogP contribution is -2.07. The Balaban J connectivity index is 1.51. The van der Waals surface area contributed by atoms with E-state index in [1.807, 2.05) is 40.6 Å². The van der Waals surface area contributed by atoms with E-state index in [2.05, 4.69) is 30.4 Å². The first-order chi connectivity index (χ1) is 12.7. The van der Waals surface area contributed by atoms with E-state index in [0.717, 1.165) is 32.4 Å². The molecule has 4 nitrogen and oxygen atoms in total. The second kappa shape index (κ2) is 7.82. The van der Waals surface area contributed by atoms with Gasteiger partial charge in [-0.15, -0.1) is 11.3 Å². The third-order valence-corrected chi connectivity index (χ3v) is 6.66. The van der Waals surface area contributed by atoms with Crippen LogP contribution in [0.1, 0.15) is 19.8 Å². The Bertz CT molecular complexity index is 1100. The van der Waals surface area contributed by atoms with Gasteiger partial charge in [-0.05, 0) is 49.0 Å². The van der Waals surface area contributed by atoms with E-state index in [9.17, 15) is 0 Å².